The Balaban J connectivity index is 1.69. The topological polar surface area (TPSA) is 77.2 Å². The maximum Gasteiger partial charge on any atom is 0.293 e. The van der Waals surface area contributed by atoms with E-state index in [1.54, 1.807) is 13.2 Å². The molecule has 7 nitrogen and oxygen atoms in total. The van der Waals surface area contributed by atoms with Gasteiger partial charge >= 0.3 is 0 Å². The van der Waals surface area contributed by atoms with Gasteiger partial charge in [-0.2, -0.15) is 0 Å². The van der Waals surface area contributed by atoms with Crippen molar-refractivity contribution in [2.75, 3.05) is 25.1 Å². The average Bonchev–Trinajstić information content (AvgIpc) is 3.20. The number of hydrogen-bond donors (Lipinski definition) is 0. The average molecular weight is 369 g/mol. The molecule has 2 aromatic carbocycles. The minimum absolute atomic E-state index is 0.0983. The number of ether oxygens (including phenoxy) is 1. The van der Waals surface area contributed by atoms with Crippen LogP contribution in [0.3, 0.4) is 0 Å². The molecule has 3 rings (SSSR count). The molecular formula is C20H23N3O4. The number of hydrogen-bond acceptors (Lipinski definition) is 6. The molecule has 0 N–H and O–H groups in total. The number of nitro groups is 1. The molecular weight excluding hydrogens is 346 g/mol. The summed E-state index contributed by atoms with van der Waals surface area (Å²) in [7, 11) is 1.61. The van der Waals surface area contributed by atoms with Crippen molar-refractivity contribution in [3.05, 3.63) is 63.2 Å². The Morgan fingerprint density at radius 2 is 2.00 bits per heavy atom. The van der Waals surface area contributed by atoms with Crippen LogP contribution in [-0.4, -0.2) is 31.3 Å². The van der Waals surface area contributed by atoms with Gasteiger partial charge in [0.2, 0.25) is 0 Å². The van der Waals surface area contributed by atoms with E-state index < -0.39 is 0 Å². The minimum atomic E-state index is -0.344. The molecule has 1 heterocycles. The van der Waals surface area contributed by atoms with Crippen molar-refractivity contribution in [1.82, 2.24) is 0 Å². The number of anilines is 1. The van der Waals surface area contributed by atoms with Gasteiger partial charge in [-0.3, -0.25) is 10.1 Å². The number of nitro benzene ring substituents is 1. The monoisotopic (exact) mass is 369 g/mol. The molecule has 0 bridgehead atoms. The lowest BCUT2D eigenvalue weighted by atomic mass is 10.1. The highest BCUT2D eigenvalue weighted by atomic mass is 16.6. The SMILES string of the molecule is COc1ccc(C)cc1CO/N=C/c1ccc(N2CCCC2)c([N+](=O)[O-])c1. The third-order valence-corrected chi connectivity index (χ3v) is 4.58. The highest BCUT2D eigenvalue weighted by molar-refractivity contribution is 5.83. The summed E-state index contributed by atoms with van der Waals surface area (Å²) in [6.45, 7) is 3.97. The molecule has 0 saturated carbocycles. The van der Waals surface area contributed by atoms with Gasteiger partial charge in [0.1, 0.15) is 18.0 Å². The molecule has 0 aliphatic carbocycles. The number of nitrogens with zero attached hydrogens (tertiary/aromatic N) is 3. The molecule has 27 heavy (non-hydrogen) atoms. The smallest absolute Gasteiger partial charge is 0.293 e. The quantitative estimate of drug-likeness (QED) is 0.418. The van der Waals surface area contributed by atoms with Gasteiger partial charge in [0.25, 0.3) is 5.69 Å². The molecule has 2 aromatic rings. The fourth-order valence-electron chi connectivity index (χ4n) is 3.22. The number of methoxy groups -OCH3 is 1. The first-order chi connectivity index (χ1) is 13.1. The van der Waals surface area contributed by atoms with Gasteiger partial charge in [-0.15, -0.1) is 0 Å². The molecule has 0 radical (unpaired) electrons. The molecule has 0 atom stereocenters. The minimum Gasteiger partial charge on any atom is -0.496 e. The van der Waals surface area contributed by atoms with Crippen molar-refractivity contribution in [1.29, 1.82) is 0 Å². The van der Waals surface area contributed by atoms with E-state index in [2.05, 4.69) is 10.1 Å². The van der Waals surface area contributed by atoms with E-state index in [-0.39, 0.29) is 17.2 Å². The van der Waals surface area contributed by atoms with E-state index in [0.29, 0.717) is 11.3 Å². The normalized spacial score (nSPS) is 13.9. The summed E-state index contributed by atoms with van der Waals surface area (Å²) in [5.74, 6) is 0.737. The van der Waals surface area contributed by atoms with Crippen LogP contribution in [0.4, 0.5) is 11.4 Å². The zero-order valence-corrected chi connectivity index (χ0v) is 15.6. The maximum atomic E-state index is 11.4. The lowest BCUT2D eigenvalue weighted by molar-refractivity contribution is -0.384. The first-order valence-electron chi connectivity index (χ1n) is 8.90. The zero-order chi connectivity index (χ0) is 19.2. The van der Waals surface area contributed by atoms with E-state index in [4.69, 9.17) is 9.57 Å². The Morgan fingerprint density at radius 1 is 1.22 bits per heavy atom. The van der Waals surface area contributed by atoms with E-state index in [9.17, 15) is 10.1 Å². The molecule has 142 valence electrons. The third kappa shape index (κ3) is 4.55. The van der Waals surface area contributed by atoms with Crippen molar-refractivity contribution < 1.29 is 14.5 Å². The highest BCUT2D eigenvalue weighted by Gasteiger charge is 2.22. The van der Waals surface area contributed by atoms with E-state index >= 15 is 0 Å². The van der Waals surface area contributed by atoms with Gasteiger partial charge < -0.3 is 14.5 Å². The summed E-state index contributed by atoms with van der Waals surface area (Å²) in [5.41, 5.74) is 3.39. The van der Waals surface area contributed by atoms with Gasteiger partial charge in [0.05, 0.1) is 18.2 Å². The molecule has 0 aromatic heterocycles. The van der Waals surface area contributed by atoms with Crippen molar-refractivity contribution in [2.45, 2.75) is 26.4 Å². The predicted octanol–water partition coefficient (Wildman–Crippen LogP) is 4.06. The lowest BCUT2D eigenvalue weighted by Crippen LogP contribution is -2.18. The third-order valence-electron chi connectivity index (χ3n) is 4.58. The van der Waals surface area contributed by atoms with Crippen molar-refractivity contribution in [3.63, 3.8) is 0 Å². The molecule has 1 fully saturated rings. The van der Waals surface area contributed by atoms with E-state index in [0.717, 1.165) is 42.8 Å². The van der Waals surface area contributed by atoms with Gasteiger partial charge in [0.15, 0.2) is 0 Å². The molecule has 0 spiro atoms. The fraction of sp³-hybridized carbons (Fsp3) is 0.350. The first kappa shape index (κ1) is 18.7. The van der Waals surface area contributed by atoms with Gasteiger partial charge in [-0.25, -0.2) is 0 Å². The molecule has 1 saturated heterocycles. The zero-order valence-electron chi connectivity index (χ0n) is 15.6. The summed E-state index contributed by atoms with van der Waals surface area (Å²) in [5, 5.41) is 15.4. The second-order valence-electron chi connectivity index (χ2n) is 6.52. The van der Waals surface area contributed by atoms with E-state index in [1.165, 1.54) is 12.3 Å². The summed E-state index contributed by atoms with van der Waals surface area (Å²) < 4.78 is 5.31. The second kappa shape index (κ2) is 8.53. The van der Waals surface area contributed by atoms with Crippen LogP contribution in [-0.2, 0) is 11.4 Å². The van der Waals surface area contributed by atoms with Crippen LogP contribution in [0.25, 0.3) is 0 Å². The molecule has 0 unspecified atom stereocenters. The summed E-state index contributed by atoms with van der Waals surface area (Å²) >= 11 is 0. The van der Waals surface area contributed by atoms with Gasteiger partial charge in [-0.1, -0.05) is 22.9 Å². The molecule has 0 amide bonds. The Hall–Kier alpha value is -3.09. The second-order valence-corrected chi connectivity index (χ2v) is 6.52. The number of oxime groups is 1. The summed E-state index contributed by atoms with van der Waals surface area (Å²) in [4.78, 5) is 18.5. The van der Waals surface area contributed by atoms with Crippen LogP contribution in [0.5, 0.6) is 5.75 Å². The van der Waals surface area contributed by atoms with Crippen LogP contribution in [0, 0.1) is 17.0 Å². The van der Waals surface area contributed by atoms with Crippen LogP contribution in [0.15, 0.2) is 41.6 Å². The standard InChI is InChI=1S/C20H23N3O4/c1-15-5-8-20(26-2)17(11-15)14-27-21-13-16-6-7-18(19(12-16)23(24)25)22-9-3-4-10-22/h5-8,11-13H,3-4,9-10,14H2,1-2H3/b21-13+. The number of rotatable bonds is 7. The van der Waals surface area contributed by atoms with Crippen LogP contribution in [0.1, 0.15) is 29.5 Å². The summed E-state index contributed by atoms with van der Waals surface area (Å²) in [6, 6.07) is 11.0. The van der Waals surface area contributed by atoms with Crippen molar-refractivity contribution >= 4 is 17.6 Å². The van der Waals surface area contributed by atoms with Gasteiger partial charge in [0, 0.05) is 30.3 Å². The summed E-state index contributed by atoms with van der Waals surface area (Å²) in [6.07, 6.45) is 3.62. The number of benzene rings is 2. The van der Waals surface area contributed by atoms with Gasteiger partial charge in [-0.05, 0) is 38.0 Å². The Labute approximate surface area is 158 Å². The predicted molar refractivity (Wildman–Crippen MR) is 105 cm³/mol. The van der Waals surface area contributed by atoms with Crippen molar-refractivity contribution in [2.24, 2.45) is 5.16 Å². The first-order valence-corrected chi connectivity index (χ1v) is 8.90. The Morgan fingerprint density at radius 3 is 2.70 bits per heavy atom. The largest absolute Gasteiger partial charge is 0.496 e. The Bertz CT molecular complexity index is 845. The molecule has 1 aliphatic heterocycles. The number of aryl methyl sites for hydroxylation is 1. The van der Waals surface area contributed by atoms with Crippen molar-refractivity contribution in [3.8, 4) is 5.75 Å². The Kier molecular flexibility index (Phi) is 5.90. The van der Waals surface area contributed by atoms with E-state index in [1.807, 2.05) is 31.2 Å². The fourth-order valence-corrected chi connectivity index (χ4v) is 3.22. The highest BCUT2D eigenvalue weighted by Crippen LogP contribution is 2.31. The van der Waals surface area contributed by atoms with Crippen LogP contribution in [0.2, 0.25) is 0 Å². The lowest BCUT2D eigenvalue weighted by Gasteiger charge is -2.17. The molecule has 1 aliphatic rings. The molecule has 7 heteroatoms. The maximum absolute atomic E-state index is 11.4. The van der Waals surface area contributed by atoms with Crippen LogP contribution >= 0.6 is 0 Å². The van der Waals surface area contributed by atoms with Crippen LogP contribution < -0.4 is 9.64 Å².